The Bertz CT molecular complexity index is 210. The zero-order valence-electron chi connectivity index (χ0n) is 11.8. The van der Waals surface area contributed by atoms with Gasteiger partial charge in [-0.05, 0) is 40.2 Å². The Labute approximate surface area is 106 Å². The zero-order valence-corrected chi connectivity index (χ0v) is 11.8. The van der Waals surface area contributed by atoms with E-state index in [9.17, 15) is 5.11 Å². The molecular weight excluding hydrogens is 212 g/mol. The number of rotatable bonds is 5. The van der Waals surface area contributed by atoms with Gasteiger partial charge < -0.3 is 15.7 Å². The van der Waals surface area contributed by atoms with Crippen LogP contribution in [-0.2, 0) is 0 Å². The third-order valence-corrected chi connectivity index (χ3v) is 4.22. The zero-order chi connectivity index (χ0) is 12.9. The smallest absolute Gasteiger partial charge is 0.0609 e. The molecule has 1 aliphatic carbocycles. The van der Waals surface area contributed by atoms with Crippen LogP contribution < -0.4 is 5.73 Å². The van der Waals surface area contributed by atoms with Gasteiger partial charge in [-0.25, -0.2) is 0 Å². The van der Waals surface area contributed by atoms with E-state index in [1.807, 2.05) is 6.92 Å². The fourth-order valence-corrected chi connectivity index (χ4v) is 2.91. The molecule has 2 atom stereocenters. The lowest BCUT2D eigenvalue weighted by atomic mass is 9.94. The fraction of sp³-hybridized carbons (Fsp3) is 1.00. The average molecular weight is 242 g/mol. The number of aliphatic hydroxyl groups excluding tert-OH is 1. The number of hydrogen-bond donors (Lipinski definition) is 2. The van der Waals surface area contributed by atoms with Gasteiger partial charge in [-0.2, -0.15) is 0 Å². The summed E-state index contributed by atoms with van der Waals surface area (Å²) in [6.07, 6.45) is 9.01. The second-order valence-corrected chi connectivity index (χ2v) is 6.18. The van der Waals surface area contributed by atoms with E-state index < -0.39 is 5.54 Å². The van der Waals surface area contributed by atoms with Crippen molar-refractivity contribution in [1.82, 2.24) is 4.90 Å². The van der Waals surface area contributed by atoms with Crippen molar-refractivity contribution in [3.05, 3.63) is 0 Å². The number of nitrogens with zero attached hydrogens (tertiary/aromatic N) is 1. The van der Waals surface area contributed by atoms with E-state index >= 15 is 0 Å². The third kappa shape index (κ3) is 4.94. The Morgan fingerprint density at radius 2 is 1.82 bits per heavy atom. The second-order valence-electron chi connectivity index (χ2n) is 6.18. The van der Waals surface area contributed by atoms with Gasteiger partial charge >= 0.3 is 0 Å². The van der Waals surface area contributed by atoms with E-state index in [-0.39, 0.29) is 6.61 Å². The molecule has 0 aliphatic heterocycles. The maximum absolute atomic E-state index is 9.24. The van der Waals surface area contributed by atoms with E-state index in [0.29, 0.717) is 12.1 Å². The van der Waals surface area contributed by atoms with Crippen molar-refractivity contribution in [2.75, 3.05) is 13.7 Å². The van der Waals surface area contributed by atoms with Gasteiger partial charge in [0, 0.05) is 17.6 Å². The molecular formula is C14H30N2O. The lowest BCUT2D eigenvalue weighted by molar-refractivity contribution is 0.118. The van der Waals surface area contributed by atoms with Crippen LogP contribution in [0.4, 0.5) is 0 Å². The topological polar surface area (TPSA) is 49.5 Å². The maximum atomic E-state index is 9.24. The first-order valence-electron chi connectivity index (χ1n) is 7.08. The van der Waals surface area contributed by atoms with Crippen LogP contribution in [0.3, 0.4) is 0 Å². The van der Waals surface area contributed by atoms with Gasteiger partial charge in [-0.15, -0.1) is 0 Å². The summed E-state index contributed by atoms with van der Waals surface area (Å²) in [5.41, 5.74) is 5.59. The first-order chi connectivity index (χ1) is 7.96. The van der Waals surface area contributed by atoms with Crippen LogP contribution in [0.5, 0.6) is 0 Å². The summed E-state index contributed by atoms with van der Waals surface area (Å²) >= 11 is 0. The summed E-state index contributed by atoms with van der Waals surface area (Å²) in [5, 5.41) is 9.24. The van der Waals surface area contributed by atoms with Gasteiger partial charge in [0.05, 0.1) is 6.61 Å². The Hall–Kier alpha value is -0.120. The lowest BCUT2D eigenvalue weighted by Crippen LogP contribution is -2.48. The number of nitrogens with two attached hydrogens (primary N) is 1. The predicted molar refractivity (Wildman–Crippen MR) is 73.0 cm³/mol. The van der Waals surface area contributed by atoms with Crippen LogP contribution in [0.2, 0.25) is 0 Å². The van der Waals surface area contributed by atoms with E-state index in [1.54, 1.807) is 0 Å². The molecule has 3 nitrogen and oxygen atoms in total. The molecule has 17 heavy (non-hydrogen) atoms. The highest BCUT2D eigenvalue weighted by Gasteiger charge is 2.26. The van der Waals surface area contributed by atoms with Crippen LogP contribution in [0, 0.1) is 0 Å². The first-order valence-corrected chi connectivity index (χ1v) is 7.08. The Balaban J connectivity index is 2.46. The predicted octanol–water partition coefficient (Wildman–Crippen LogP) is 2.13. The lowest BCUT2D eigenvalue weighted by Gasteiger charge is -2.36. The third-order valence-electron chi connectivity index (χ3n) is 4.22. The number of aliphatic hydroxyl groups is 1. The van der Waals surface area contributed by atoms with Crippen LogP contribution in [-0.4, -0.2) is 41.3 Å². The van der Waals surface area contributed by atoms with E-state index in [0.717, 1.165) is 6.42 Å². The molecule has 0 radical (unpaired) electrons. The minimum absolute atomic E-state index is 0.0653. The van der Waals surface area contributed by atoms with E-state index in [1.165, 1.54) is 38.5 Å². The normalized spacial score (nSPS) is 24.4. The van der Waals surface area contributed by atoms with Gasteiger partial charge in [0.2, 0.25) is 0 Å². The molecule has 1 saturated carbocycles. The van der Waals surface area contributed by atoms with Gasteiger partial charge in [0.25, 0.3) is 0 Å². The summed E-state index contributed by atoms with van der Waals surface area (Å²) < 4.78 is 0. The molecule has 0 aromatic rings. The minimum atomic E-state index is -0.446. The largest absolute Gasteiger partial charge is 0.394 e. The molecule has 0 amide bonds. The van der Waals surface area contributed by atoms with Gasteiger partial charge in [0.15, 0.2) is 0 Å². The standard InChI is InChI=1S/C14H30N2O/c1-12(10-14(2,15)11-17)16(3)13-8-6-4-5-7-9-13/h12-13,17H,4-11,15H2,1-3H3. The van der Waals surface area contributed by atoms with E-state index in [2.05, 4.69) is 18.9 Å². The quantitative estimate of drug-likeness (QED) is 0.726. The molecule has 1 rings (SSSR count). The van der Waals surface area contributed by atoms with Crippen LogP contribution in [0.25, 0.3) is 0 Å². The first kappa shape index (κ1) is 14.9. The molecule has 3 heteroatoms. The van der Waals surface area contributed by atoms with Crippen LogP contribution in [0.1, 0.15) is 58.8 Å². The molecule has 0 aromatic heterocycles. The molecule has 0 bridgehead atoms. The maximum Gasteiger partial charge on any atom is 0.0609 e. The molecule has 0 spiro atoms. The summed E-state index contributed by atoms with van der Waals surface area (Å²) in [7, 11) is 2.22. The summed E-state index contributed by atoms with van der Waals surface area (Å²) in [6, 6.07) is 1.15. The highest BCUT2D eigenvalue weighted by molar-refractivity contribution is 4.85. The molecule has 0 heterocycles. The molecule has 3 N–H and O–H groups in total. The molecule has 1 aliphatic rings. The van der Waals surface area contributed by atoms with Crippen LogP contribution in [0.15, 0.2) is 0 Å². The molecule has 102 valence electrons. The highest BCUT2D eigenvalue weighted by atomic mass is 16.3. The average Bonchev–Trinajstić information content (AvgIpc) is 2.56. The van der Waals surface area contributed by atoms with Crippen molar-refractivity contribution in [3.8, 4) is 0 Å². The SMILES string of the molecule is CC(CC(C)(N)CO)N(C)C1CCCCCC1. The van der Waals surface area contributed by atoms with E-state index in [4.69, 9.17) is 5.73 Å². The molecule has 0 aromatic carbocycles. The fourth-order valence-electron chi connectivity index (χ4n) is 2.91. The minimum Gasteiger partial charge on any atom is -0.394 e. The summed E-state index contributed by atoms with van der Waals surface area (Å²) in [6.45, 7) is 4.23. The van der Waals surface area contributed by atoms with Crippen molar-refractivity contribution in [1.29, 1.82) is 0 Å². The second kappa shape index (κ2) is 6.72. The van der Waals surface area contributed by atoms with Crippen molar-refractivity contribution < 1.29 is 5.11 Å². The number of hydrogen-bond acceptors (Lipinski definition) is 3. The van der Waals surface area contributed by atoms with Crippen molar-refractivity contribution in [2.24, 2.45) is 5.73 Å². The Morgan fingerprint density at radius 3 is 2.29 bits per heavy atom. The van der Waals surface area contributed by atoms with Crippen molar-refractivity contribution in [3.63, 3.8) is 0 Å². The van der Waals surface area contributed by atoms with Crippen LogP contribution >= 0.6 is 0 Å². The van der Waals surface area contributed by atoms with Gasteiger partial charge in [0.1, 0.15) is 0 Å². The molecule has 0 saturated heterocycles. The highest BCUT2D eigenvalue weighted by Crippen LogP contribution is 2.24. The van der Waals surface area contributed by atoms with Gasteiger partial charge in [-0.1, -0.05) is 25.7 Å². The molecule has 2 unspecified atom stereocenters. The Kier molecular flexibility index (Phi) is 5.90. The summed E-state index contributed by atoms with van der Waals surface area (Å²) in [4.78, 5) is 2.48. The van der Waals surface area contributed by atoms with Crippen molar-refractivity contribution >= 4 is 0 Å². The monoisotopic (exact) mass is 242 g/mol. The summed E-state index contributed by atoms with van der Waals surface area (Å²) in [5.74, 6) is 0. The van der Waals surface area contributed by atoms with Gasteiger partial charge in [-0.3, -0.25) is 0 Å². The Morgan fingerprint density at radius 1 is 1.29 bits per heavy atom. The molecule has 1 fully saturated rings. The van der Waals surface area contributed by atoms with Crippen molar-refractivity contribution in [2.45, 2.75) is 76.4 Å².